The highest BCUT2D eigenvalue weighted by Crippen LogP contribution is 2.27. The minimum atomic E-state index is -1.47. The van der Waals surface area contributed by atoms with Crippen LogP contribution in [0.4, 0.5) is 0 Å². The number of hydrogen-bond donors (Lipinski definition) is 0. The van der Waals surface area contributed by atoms with Gasteiger partial charge in [-0.25, -0.2) is 0 Å². The number of rotatable bonds is 5. The number of hydrogen-bond acceptors (Lipinski definition) is 2. The van der Waals surface area contributed by atoms with E-state index < -0.39 is 8.32 Å². The molecule has 0 aromatic heterocycles. The van der Waals surface area contributed by atoms with Gasteiger partial charge in [0.25, 0.3) is 0 Å². The second-order valence-electron chi connectivity index (χ2n) is 5.38. The zero-order valence-corrected chi connectivity index (χ0v) is 12.1. The molecule has 94 valence electrons. The van der Waals surface area contributed by atoms with Gasteiger partial charge in [0.15, 0.2) is 0 Å². The molecule has 0 amide bonds. The molecule has 1 aliphatic rings. The van der Waals surface area contributed by atoms with Crippen molar-refractivity contribution < 1.29 is 4.43 Å². The van der Waals surface area contributed by atoms with E-state index in [1.807, 2.05) is 7.11 Å². The molecule has 2 nitrogen and oxygen atoms in total. The maximum atomic E-state index is 5.72. The van der Waals surface area contributed by atoms with Gasteiger partial charge < -0.3 is 9.33 Å². The lowest BCUT2D eigenvalue weighted by Gasteiger charge is -2.47. The molecule has 2 rings (SSSR count). The van der Waals surface area contributed by atoms with Gasteiger partial charge in [0, 0.05) is 19.3 Å². The van der Waals surface area contributed by atoms with E-state index in [4.69, 9.17) is 4.43 Å². The fraction of sp³-hybridized carbons (Fsp3) is 0.571. The van der Waals surface area contributed by atoms with Gasteiger partial charge in [0.2, 0.25) is 8.32 Å². The minimum Gasteiger partial charge on any atom is -0.419 e. The molecule has 1 atom stereocenters. The highest BCUT2D eigenvalue weighted by atomic mass is 28.4. The Kier molecular flexibility index (Phi) is 4.02. The van der Waals surface area contributed by atoms with Crippen LogP contribution in [-0.4, -0.2) is 39.1 Å². The molecule has 1 aliphatic heterocycles. The Hall–Kier alpha value is -0.643. The molecule has 1 unspecified atom stereocenters. The van der Waals surface area contributed by atoms with Crippen LogP contribution in [0.25, 0.3) is 0 Å². The van der Waals surface area contributed by atoms with Crippen LogP contribution in [0.3, 0.4) is 0 Å². The number of nitrogens with zero attached hydrogens (tertiary/aromatic N) is 1. The quantitative estimate of drug-likeness (QED) is 0.744. The first-order valence-electron chi connectivity index (χ1n) is 6.46. The summed E-state index contributed by atoms with van der Waals surface area (Å²) in [7, 11) is 0.406. The van der Waals surface area contributed by atoms with Crippen LogP contribution >= 0.6 is 0 Å². The van der Waals surface area contributed by atoms with Gasteiger partial charge in [-0.05, 0) is 38.0 Å². The first-order chi connectivity index (χ1) is 8.13. The third-order valence-corrected chi connectivity index (χ3v) is 7.30. The zero-order valence-electron chi connectivity index (χ0n) is 11.1. The summed E-state index contributed by atoms with van der Waals surface area (Å²) in [6, 6.07) is 10.8. The summed E-state index contributed by atoms with van der Waals surface area (Å²) in [6.07, 6.45) is 2.48. The second-order valence-corrected chi connectivity index (χ2v) is 9.67. The van der Waals surface area contributed by atoms with Crippen molar-refractivity contribution in [2.75, 3.05) is 20.2 Å². The summed E-state index contributed by atoms with van der Waals surface area (Å²) < 4.78 is 5.72. The highest BCUT2D eigenvalue weighted by Gasteiger charge is 2.42. The summed E-state index contributed by atoms with van der Waals surface area (Å²) in [5, 5.41) is 0. The van der Waals surface area contributed by atoms with Crippen molar-refractivity contribution >= 4 is 8.32 Å². The summed E-state index contributed by atoms with van der Waals surface area (Å²) >= 11 is 0. The fourth-order valence-electron chi connectivity index (χ4n) is 2.55. The van der Waals surface area contributed by atoms with E-state index in [9.17, 15) is 0 Å². The molecule has 1 aromatic rings. The Morgan fingerprint density at radius 2 is 2.00 bits per heavy atom. The average Bonchev–Trinajstić information content (AvgIpc) is 2.28. The SMILES string of the molecule is CO[Si](C)(C)C1CCN1CCc1ccccc1. The van der Waals surface area contributed by atoms with Crippen LogP contribution in [-0.2, 0) is 10.8 Å². The van der Waals surface area contributed by atoms with Crippen molar-refractivity contribution in [1.29, 1.82) is 0 Å². The molecule has 1 saturated heterocycles. The molecule has 0 N–H and O–H groups in total. The molecule has 0 radical (unpaired) electrons. The van der Waals surface area contributed by atoms with Gasteiger partial charge >= 0.3 is 0 Å². The van der Waals surface area contributed by atoms with Gasteiger partial charge in [-0.3, -0.25) is 0 Å². The molecule has 3 heteroatoms. The lowest BCUT2D eigenvalue weighted by Crippen LogP contribution is -2.62. The Bertz CT molecular complexity index is 352. The highest BCUT2D eigenvalue weighted by molar-refractivity contribution is 6.72. The van der Waals surface area contributed by atoms with Crippen LogP contribution in [0, 0.1) is 0 Å². The molecule has 0 spiro atoms. The number of benzene rings is 1. The molecule has 17 heavy (non-hydrogen) atoms. The normalized spacial score (nSPS) is 21.2. The van der Waals surface area contributed by atoms with Gasteiger partial charge in [0.1, 0.15) is 0 Å². The van der Waals surface area contributed by atoms with Gasteiger partial charge in [0.05, 0.1) is 0 Å². The monoisotopic (exact) mass is 249 g/mol. The van der Waals surface area contributed by atoms with E-state index >= 15 is 0 Å². The molecular formula is C14H23NOSi. The molecule has 0 aliphatic carbocycles. The standard InChI is InChI=1S/C14H23NOSi/c1-16-17(2,3)14-10-12-15(14)11-9-13-7-5-4-6-8-13/h4-8,14H,9-12H2,1-3H3. The van der Waals surface area contributed by atoms with Gasteiger partial charge in [-0.2, -0.15) is 0 Å². The molecular weight excluding hydrogens is 226 g/mol. The summed E-state index contributed by atoms with van der Waals surface area (Å²) in [4.78, 5) is 2.60. The topological polar surface area (TPSA) is 12.5 Å². The van der Waals surface area contributed by atoms with Crippen LogP contribution in [0.2, 0.25) is 13.1 Å². The minimum absolute atomic E-state index is 0.719. The van der Waals surface area contributed by atoms with E-state index in [1.54, 1.807) is 0 Å². The van der Waals surface area contributed by atoms with E-state index in [0.29, 0.717) is 0 Å². The summed E-state index contributed by atoms with van der Waals surface area (Å²) in [6.45, 7) is 7.07. The van der Waals surface area contributed by atoms with Gasteiger partial charge in [-0.15, -0.1) is 0 Å². The first kappa shape index (κ1) is 12.8. The van der Waals surface area contributed by atoms with E-state index in [1.165, 1.54) is 25.1 Å². The maximum Gasteiger partial charge on any atom is 0.203 e. The predicted molar refractivity (Wildman–Crippen MR) is 74.6 cm³/mol. The molecule has 1 fully saturated rings. The smallest absolute Gasteiger partial charge is 0.203 e. The van der Waals surface area contributed by atoms with Gasteiger partial charge in [-0.1, -0.05) is 30.3 Å². The Balaban J connectivity index is 1.85. The molecule has 1 aromatic carbocycles. The van der Waals surface area contributed by atoms with E-state index in [-0.39, 0.29) is 0 Å². The van der Waals surface area contributed by atoms with Crippen molar-refractivity contribution in [3.05, 3.63) is 35.9 Å². The largest absolute Gasteiger partial charge is 0.419 e. The Morgan fingerprint density at radius 3 is 2.53 bits per heavy atom. The van der Waals surface area contributed by atoms with Crippen molar-refractivity contribution in [2.45, 2.75) is 31.6 Å². The van der Waals surface area contributed by atoms with Crippen molar-refractivity contribution in [2.24, 2.45) is 0 Å². The lowest BCUT2D eigenvalue weighted by molar-refractivity contribution is 0.126. The zero-order chi connectivity index (χ0) is 12.3. The molecule has 1 heterocycles. The number of likely N-dealkylation sites (tertiary alicyclic amines) is 1. The summed E-state index contributed by atoms with van der Waals surface area (Å²) in [5.74, 6) is 0. The summed E-state index contributed by atoms with van der Waals surface area (Å²) in [5.41, 5.74) is 2.16. The third kappa shape index (κ3) is 2.97. The lowest BCUT2D eigenvalue weighted by atomic mass is 10.1. The Labute approximate surface area is 106 Å². The third-order valence-electron chi connectivity index (χ3n) is 3.99. The van der Waals surface area contributed by atoms with Crippen LogP contribution in [0.5, 0.6) is 0 Å². The van der Waals surface area contributed by atoms with Crippen LogP contribution in [0.15, 0.2) is 30.3 Å². The maximum absolute atomic E-state index is 5.72. The van der Waals surface area contributed by atoms with Crippen LogP contribution < -0.4 is 0 Å². The Morgan fingerprint density at radius 1 is 1.29 bits per heavy atom. The fourth-order valence-corrected chi connectivity index (χ4v) is 4.78. The van der Waals surface area contributed by atoms with Crippen molar-refractivity contribution in [1.82, 2.24) is 4.90 Å². The van der Waals surface area contributed by atoms with Crippen LogP contribution in [0.1, 0.15) is 12.0 Å². The first-order valence-corrected chi connectivity index (χ1v) is 9.45. The van der Waals surface area contributed by atoms with E-state index in [2.05, 4.69) is 48.3 Å². The van der Waals surface area contributed by atoms with Crippen molar-refractivity contribution in [3.8, 4) is 0 Å². The predicted octanol–water partition coefficient (Wildman–Crippen LogP) is 2.69. The molecule has 0 bridgehead atoms. The van der Waals surface area contributed by atoms with Crippen molar-refractivity contribution in [3.63, 3.8) is 0 Å². The average molecular weight is 249 g/mol. The van der Waals surface area contributed by atoms with E-state index in [0.717, 1.165) is 12.1 Å². The molecule has 0 saturated carbocycles. The second kappa shape index (κ2) is 5.34.